The van der Waals surface area contributed by atoms with Gasteiger partial charge >= 0.3 is 0 Å². The van der Waals surface area contributed by atoms with E-state index in [0.29, 0.717) is 11.7 Å². The van der Waals surface area contributed by atoms with E-state index in [1.807, 2.05) is 24.3 Å². The van der Waals surface area contributed by atoms with Crippen LogP contribution in [0.4, 0.5) is 5.69 Å². The van der Waals surface area contributed by atoms with E-state index in [-0.39, 0.29) is 18.3 Å². The molecule has 0 aliphatic heterocycles. The van der Waals surface area contributed by atoms with Gasteiger partial charge < -0.3 is 10.4 Å². The second kappa shape index (κ2) is 7.36. The van der Waals surface area contributed by atoms with Crippen molar-refractivity contribution in [2.75, 3.05) is 17.7 Å². The van der Waals surface area contributed by atoms with E-state index < -0.39 is 0 Å². The topological polar surface area (TPSA) is 92.9 Å². The van der Waals surface area contributed by atoms with Crippen LogP contribution in [-0.4, -0.2) is 43.6 Å². The van der Waals surface area contributed by atoms with E-state index in [2.05, 4.69) is 36.8 Å². The highest BCUT2D eigenvalue weighted by Gasteiger charge is 2.09. The van der Waals surface area contributed by atoms with Crippen molar-refractivity contribution < 1.29 is 9.90 Å². The van der Waals surface area contributed by atoms with Gasteiger partial charge in [0.15, 0.2) is 0 Å². The quantitative estimate of drug-likeness (QED) is 0.753. The molecule has 1 amide bonds. The van der Waals surface area contributed by atoms with Crippen molar-refractivity contribution in [1.29, 1.82) is 0 Å². The number of hydrogen-bond donors (Lipinski definition) is 2. The average Bonchev–Trinajstić information content (AvgIpc) is 2.84. The highest BCUT2D eigenvalue weighted by atomic mass is 79.9. The van der Waals surface area contributed by atoms with Crippen LogP contribution < -0.4 is 5.32 Å². The number of aliphatic hydroxyl groups is 1. The second-order valence-electron chi connectivity index (χ2n) is 3.76. The number of nitrogens with zero attached hydrogens (tertiary/aromatic N) is 4. The van der Waals surface area contributed by atoms with Crippen molar-refractivity contribution >= 4 is 39.3 Å². The first-order valence-corrected chi connectivity index (χ1v) is 7.52. The largest absolute Gasteiger partial charge is 0.394 e. The summed E-state index contributed by atoms with van der Waals surface area (Å²) in [6, 6.07) is 7.35. The number of benzene rings is 1. The Hall–Kier alpha value is -1.45. The number of aliphatic hydroxyl groups excluding tert-OH is 1. The Bertz CT molecular complexity index is 592. The van der Waals surface area contributed by atoms with Crippen LogP contribution in [0.2, 0.25) is 0 Å². The highest BCUT2D eigenvalue weighted by Crippen LogP contribution is 2.17. The van der Waals surface area contributed by atoms with E-state index in [0.717, 1.165) is 10.2 Å². The van der Waals surface area contributed by atoms with Crippen LogP contribution in [0.1, 0.15) is 0 Å². The predicted octanol–water partition coefficient (Wildman–Crippen LogP) is 1.16. The number of carbonyl (C=O) groups excluding carboxylic acids is 1. The van der Waals surface area contributed by atoms with Crippen LogP contribution in [0, 0.1) is 0 Å². The summed E-state index contributed by atoms with van der Waals surface area (Å²) in [6.45, 7) is 0.255. The molecule has 0 aliphatic rings. The minimum atomic E-state index is -0.147. The van der Waals surface area contributed by atoms with Crippen LogP contribution in [0.25, 0.3) is 0 Å². The summed E-state index contributed by atoms with van der Waals surface area (Å²) < 4.78 is 2.35. The van der Waals surface area contributed by atoms with Gasteiger partial charge in [0.2, 0.25) is 11.1 Å². The first-order valence-electron chi connectivity index (χ1n) is 5.74. The molecule has 0 aliphatic carbocycles. The summed E-state index contributed by atoms with van der Waals surface area (Å²) in [5.41, 5.74) is 0.722. The minimum absolute atomic E-state index is 0.0527. The number of rotatable bonds is 6. The van der Waals surface area contributed by atoms with Crippen LogP contribution in [0.15, 0.2) is 33.9 Å². The molecule has 2 aromatic rings. The molecule has 0 radical (unpaired) electrons. The van der Waals surface area contributed by atoms with Crippen molar-refractivity contribution in [2.24, 2.45) is 0 Å². The van der Waals surface area contributed by atoms with Crippen molar-refractivity contribution in [3.05, 3.63) is 28.7 Å². The van der Waals surface area contributed by atoms with Crippen molar-refractivity contribution in [1.82, 2.24) is 20.2 Å². The number of amides is 1. The summed E-state index contributed by atoms with van der Waals surface area (Å²) in [4.78, 5) is 11.8. The van der Waals surface area contributed by atoms with Gasteiger partial charge in [0, 0.05) is 10.2 Å². The summed E-state index contributed by atoms with van der Waals surface area (Å²) in [6.07, 6.45) is 0. The maximum absolute atomic E-state index is 11.8. The first-order chi connectivity index (χ1) is 9.69. The molecule has 20 heavy (non-hydrogen) atoms. The highest BCUT2D eigenvalue weighted by molar-refractivity contribution is 9.10. The molecule has 7 nitrogen and oxygen atoms in total. The van der Waals surface area contributed by atoms with Crippen LogP contribution in [0.3, 0.4) is 0 Å². The van der Waals surface area contributed by atoms with Gasteiger partial charge in [-0.1, -0.05) is 33.8 Å². The summed E-state index contributed by atoms with van der Waals surface area (Å²) in [7, 11) is 0. The number of anilines is 1. The molecule has 0 fully saturated rings. The molecule has 1 aromatic carbocycles. The predicted molar refractivity (Wildman–Crippen MR) is 78.4 cm³/mol. The van der Waals surface area contributed by atoms with Gasteiger partial charge in [-0.15, -0.1) is 5.10 Å². The molecule has 0 saturated heterocycles. The molecular weight excluding hydrogens is 346 g/mol. The number of halogens is 1. The van der Waals surface area contributed by atoms with Crippen LogP contribution >= 0.6 is 27.7 Å². The smallest absolute Gasteiger partial charge is 0.234 e. The zero-order valence-corrected chi connectivity index (χ0v) is 12.8. The van der Waals surface area contributed by atoms with E-state index in [9.17, 15) is 4.79 Å². The van der Waals surface area contributed by atoms with Gasteiger partial charge in [-0.3, -0.25) is 4.79 Å². The van der Waals surface area contributed by atoms with Crippen LogP contribution in [-0.2, 0) is 11.3 Å². The fraction of sp³-hybridized carbons (Fsp3) is 0.273. The van der Waals surface area contributed by atoms with Gasteiger partial charge in [0.1, 0.15) is 0 Å². The average molecular weight is 358 g/mol. The molecule has 2 N–H and O–H groups in total. The molecular formula is C11H12BrN5O2S. The standard InChI is InChI=1S/C11H12BrN5O2S/c12-8-2-1-3-9(6-8)13-10(19)7-20-11-14-15-16-17(11)4-5-18/h1-3,6,18H,4-5,7H2,(H,13,19). The lowest BCUT2D eigenvalue weighted by Crippen LogP contribution is -2.15. The lowest BCUT2D eigenvalue weighted by molar-refractivity contribution is -0.113. The van der Waals surface area contributed by atoms with E-state index in [1.165, 1.54) is 16.4 Å². The third-order valence-electron chi connectivity index (χ3n) is 2.25. The first kappa shape index (κ1) is 14.9. The minimum Gasteiger partial charge on any atom is -0.394 e. The SMILES string of the molecule is O=C(CSc1nnnn1CCO)Nc1cccc(Br)c1. The molecule has 0 spiro atoms. The van der Waals surface area contributed by atoms with Gasteiger partial charge in [0.05, 0.1) is 18.9 Å². The van der Waals surface area contributed by atoms with Gasteiger partial charge in [-0.05, 0) is 28.6 Å². The fourth-order valence-corrected chi connectivity index (χ4v) is 2.53. The Morgan fingerprint density at radius 3 is 3.10 bits per heavy atom. The Kier molecular flexibility index (Phi) is 5.50. The zero-order valence-electron chi connectivity index (χ0n) is 10.4. The Morgan fingerprint density at radius 1 is 1.50 bits per heavy atom. The number of aromatic nitrogens is 4. The van der Waals surface area contributed by atoms with E-state index >= 15 is 0 Å². The van der Waals surface area contributed by atoms with Crippen molar-refractivity contribution in [3.8, 4) is 0 Å². The molecule has 0 atom stereocenters. The molecule has 0 bridgehead atoms. The summed E-state index contributed by atoms with van der Waals surface area (Å²) in [5.74, 6) is 0.0462. The molecule has 1 heterocycles. The van der Waals surface area contributed by atoms with Gasteiger partial charge in [-0.25, -0.2) is 4.68 Å². The summed E-state index contributed by atoms with van der Waals surface area (Å²) in [5, 5.41) is 23.2. The third kappa shape index (κ3) is 4.29. The lowest BCUT2D eigenvalue weighted by Gasteiger charge is -2.05. The maximum atomic E-state index is 11.8. The second-order valence-corrected chi connectivity index (χ2v) is 5.61. The number of carbonyl (C=O) groups is 1. The van der Waals surface area contributed by atoms with E-state index in [4.69, 9.17) is 5.11 Å². The molecule has 106 valence electrons. The summed E-state index contributed by atoms with van der Waals surface area (Å²) >= 11 is 4.56. The third-order valence-corrected chi connectivity index (χ3v) is 3.70. The molecule has 0 saturated carbocycles. The Labute approximate surface area is 127 Å². The van der Waals surface area contributed by atoms with E-state index in [1.54, 1.807) is 0 Å². The maximum Gasteiger partial charge on any atom is 0.234 e. The fourth-order valence-electron chi connectivity index (χ4n) is 1.43. The Balaban J connectivity index is 1.87. The van der Waals surface area contributed by atoms with Crippen molar-refractivity contribution in [2.45, 2.75) is 11.7 Å². The monoisotopic (exact) mass is 357 g/mol. The van der Waals surface area contributed by atoms with Gasteiger partial charge in [-0.2, -0.15) is 0 Å². The normalized spacial score (nSPS) is 10.5. The number of nitrogens with one attached hydrogen (secondary N) is 1. The molecule has 1 aromatic heterocycles. The number of hydrogen-bond acceptors (Lipinski definition) is 6. The molecule has 9 heteroatoms. The Morgan fingerprint density at radius 2 is 2.35 bits per heavy atom. The van der Waals surface area contributed by atoms with Crippen molar-refractivity contribution in [3.63, 3.8) is 0 Å². The molecule has 0 unspecified atom stereocenters. The lowest BCUT2D eigenvalue weighted by atomic mass is 10.3. The van der Waals surface area contributed by atoms with Gasteiger partial charge in [0.25, 0.3) is 0 Å². The number of thioether (sulfide) groups is 1. The zero-order chi connectivity index (χ0) is 14.4. The number of tetrazole rings is 1. The van der Waals surface area contributed by atoms with Crippen LogP contribution in [0.5, 0.6) is 0 Å². The molecule has 2 rings (SSSR count).